The van der Waals surface area contributed by atoms with Crippen LogP contribution in [0.3, 0.4) is 0 Å². The topological polar surface area (TPSA) is 12.5 Å². The summed E-state index contributed by atoms with van der Waals surface area (Å²) in [5, 5.41) is 0. The van der Waals surface area contributed by atoms with Crippen molar-refractivity contribution in [2.24, 2.45) is 0 Å². The maximum Gasteiger partial charge on any atom is 0.123 e. The molecule has 0 radical (unpaired) electrons. The lowest BCUT2D eigenvalue weighted by Gasteiger charge is -2.20. The van der Waals surface area contributed by atoms with Gasteiger partial charge in [-0.15, -0.1) is 0 Å². The molecule has 0 aliphatic heterocycles. The smallest absolute Gasteiger partial charge is 0.123 e. The number of nitrogens with zero attached hydrogens (tertiary/aromatic N) is 1. The van der Waals surface area contributed by atoms with E-state index >= 15 is 0 Å². The summed E-state index contributed by atoms with van der Waals surface area (Å²) < 4.78 is 19.4. The summed E-state index contributed by atoms with van der Waals surface area (Å²) in [6, 6.07) is 16.5. The zero-order valence-electron chi connectivity index (χ0n) is 11.9. The van der Waals surface area contributed by atoms with Crippen LogP contribution in [0, 0.1) is 5.82 Å². The molecule has 1 unspecified atom stereocenters. The van der Waals surface area contributed by atoms with Crippen LogP contribution in [0.4, 0.5) is 4.39 Å². The second-order valence-corrected chi connectivity index (χ2v) is 5.02. The molecule has 2 nitrogen and oxygen atoms in total. The predicted molar refractivity (Wildman–Crippen MR) is 79.2 cm³/mol. The summed E-state index contributed by atoms with van der Waals surface area (Å²) >= 11 is 0. The Morgan fingerprint density at radius 3 is 2.35 bits per heavy atom. The fraction of sp³-hybridized carbons (Fsp3) is 0.294. The molecule has 1 atom stereocenters. The predicted octanol–water partition coefficient (Wildman–Crippen LogP) is 3.49. The summed E-state index contributed by atoms with van der Waals surface area (Å²) in [7, 11) is 4.01. The first-order valence-corrected chi connectivity index (χ1v) is 6.73. The van der Waals surface area contributed by atoms with E-state index in [1.54, 1.807) is 6.07 Å². The van der Waals surface area contributed by atoms with E-state index in [1.165, 1.54) is 12.1 Å². The monoisotopic (exact) mass is 273 g/mol. The molecular weight excluding hydrogens is 253 g/mol. The summed E-state index contributed by atoms with van der Waals surface area (Å²) in [6.07, 6.45) is -0.230. The Balaban J connectivity index is 2.20. The van der Waals surface area contributed by atoms with Crippen molar-refractivity contribution < 1.29 is 9.13 Å². The van der Waals surface area contributed by atoms with E-state index < -0.39 is 0 Å². The van der Waals surface area contributed by atoms with Crippen LogP contribution in [0.5, 0.6) is 0 Å². The first kappa shape index (κ1) is 14.7. The lowest BCUT2D eigenvalue weighted by Crippen LogP contribution is -2.20. The maximum absolute atomic E-state index is 13.4. The van der Waals surface area contributed by atoms with Gasteiger partial charge in [-0.2, -0.15) is 0 Å². The third kappa shape index (κ3) is 4.15. The molecule has 106 valence electrons. The number of rotatable bonds is 6. The Kier molecular flexibility index (Phi) is 5.27. The molecule has 0 saturated carbocycles. The standard InChI is InChI=1S/C17H20FNO/c1-19(2)11-12-20-17(14-7-4-3-5-8-14)15-9-6-10-16(18)13-15/h3-10,13,17H,11-12H2,1-2H3. The Hall–Kier alpha value is -1.71. The van der Waals surface area contributed by atoms with E-state index in [0.717, 1.165) is 17.7 Å². The molecule has 0 saturated heterocycles. The van der Waals surface area contributed by atoms with Gasteiger partial charge in [0.25, 0.3) is 0 Å². The van der Waals surface area contributed by atoms with Crippen molar-refractivity contribution in [3.63, 3.8) is 0 Å². The molecule has 0 amide bonds. The van der Waals surface area contributed by atoms with Crippen LogP contribution in [0.2, 0.25) is 0 Å². The lowest BCUT2D eigenvalue weighted by molar-refractivity contribution is 0.0685. The molecule has 20 heavy (non-hydrogen) atoms. The van der Waals surface area contributed by atoms with Gasteiger partial charge in [0.1, 0.15) is 11.9 Å². The highest BCUT2D eigenvalue weighted by molar-refractivity contribution is 5.30. The van der Waals surface area contributed by atoms with E-state index in [4.69, 9.17) is 4.74 Å². The molecule has 0 spiro atoms. The fourth-order valence-electron chi connectivity index (χ4n) is 2.04. The van der Waals surface area contributed by atoms with E-state index in [2.05, 4.69) is 4.90 Å². The van der Waals surface area contributed by atoms with Gasteiger partial charge in [0, 0.05) is 6.54 Å². The van der Waals surface area contributed by atoms with Gasteiger partial charge in [0.05, 0.1) is 6.61 Å². The number of halogens is 1. The van der Waals surface area contributed by atoms with Gasteiger partial charge in [-0.1, -0.05) is 42.5 Å². The maximum atomic E-state index is 13.4. The Morgan fingerprint density at radius 1 is 1.00 bits per heavy atom. The molecule has 0 bridgehead atoms. The number of hydrogen-bond acceptors (Lipinski definition) is 2. The van der Waals surface area contributed by atoms with Crippen LogP contribution >= 0.6 is 0 Å². The minimum Gasteiger partial charge on any atom is -0.367 e. The normalized spacial score (nSPS) is 12.6. The summed E-state index contributed by atoms with van der Waals surface area (Å²) in [4.78, 5) is 2.06. The van der Waals surface area contributed by atoms with Gasteiger partial charge in [-0.05, 0) is 37.4 Å². The van der Waals surface area contributed by atoms with E-state index in [-0.39, 0.29) is 11.9 Å². The van der Waals surface area contributed by atoms with Gasteiger partial charge in [-0.25, -0.2) is 4.39 Å². The number of ether oxygens (including phenoxy) is 1. The van der Waals surface area contributed by atoms with Gasteiger partial charge in [-0.3, -0.25) is 0 Å². The molecule has 2 aromatic carbocycles. The fourth-order valence-corrected chi connectivity index (χ4v) is 2.04. The lowest BCUT2D eigenvalue weighted by atomic mass is 10.0. The Bertz CT molecular complexity index is 528. The van der Waals surface area contributed by atoms with E-state index in [1.807, 2.05) is 50.5 Å². The van der Waals surface area contributed by atoms with Crippen molar-refractivity contribution in [3.8, 4) is 0 Å². The van der Waals surface area contributed by atoms with Crippen LogP contribution in [0.25, 0.3) is 0 Å². The number of benzene rings is 2. The van der Waals surface area contributed by atoms with Crippen LogP contribution in [-0.2, 0) is 4.74 Å². The molecule has 0 fully saturated rings. The molecule has 0 aliphatic carbocycles. The average molecular weight is 273 g/mol. The van der Waals surface area contributed by atoms with Gasteiger partial charge in [0.2, 0.25) is 0 Å². The van der Waals surface area contributed by atoms with Crippen LogP contribution in [0.1, 0.15) is 17.2 Å². The SMILES string of the molecule is CN(C)CCOC(c1ccccc1)c1cccc(F)c1. The van der Waals surface area contributed by atoms with Crippen LogP contribution in [-0.4, -0.2) is 32.1 Å². The van der Waals surface area contributed by atoms with E-state index in [9.17, 15) is 4.39 Å². The summed E-state index contributed by atoms with van der Waals surface area (Å²) in [6.45, 7) is 1.43. The minimum absolute atomic E-state index is 0.230. The van der Waals surface area contributed by atoms with Crippen LogP contribution < -0.4 is 0 Å². The molecule has 0 N–H and O–H groups in total. The highest BCUT2D eigenvalue weighted by atomic mass is 19.1. The molecular formula is C17H20FNO. The molecule has 0 heterocycles. The second-order valence-electron chi connectivity index (χ2n) is 5.02. The Labute approximate surface area is 119 Å². The van der Waals surface area contributed by atoms with Crippen LogP contribution in [0.15, 0.2) is 54.6 Å². The van der Waals surface area contributed by atoms with Crippen molar-refractivity contribution >= 4 is 0 Å². The zero-order chi connectivity index (χ0) is 14.4. The molecule has 3 heteroatoms. The van der Waals surface area contributed by atoms with Crippen molar-refractivity contribution in [2.45, 2.75) is 6.10 Å². The van der Waals surface area contributed by atoms with Crippen molar-refractivity contribution in [2.75, 3.05) is 27.2 Å². The van der Waals surface area contributed by atoms with Crippen molar-refractivity contribution in [1.29, 1.82) is 0 Å². The van der Waals surface area contributed by atoms with Crippen molar-refractivity contribution in [1.82, 2.24) is 4.90 Å². The van der Waals surface area contributed by atoms with E-state index in [0.29, 0.717) is 6.61 Å². The first-order chi connectivity index (χ1) is 9.66. The number of likely N-dealkylation sites (N-methyl/N-ethyl adjacent to an activating group) is 1. The molecule has 2 aromatic rings. The third-order valence-electron chi connectivity index (χ3n) is 3.08. The third-order valence-corrected chi connectivity index (χ3v) is 3.08. The zero-order valence-corrected chi connectivity index (χ0v) is 11.9. The molecule has 2 rings (SSSR count). The van der Waals surface area contributed by atoms with Gasteiger partial charge < -0.3 is 9.64 Å². The first-order valence-electron chi connectivity index (χ1n) is 6.73. The average Bonchev–Trinajstić information content (AvgIpc) is 2.44. The largest absolute Gasteiger partial charge is 0.367 e. The Morgan fingerprint density at radius 2 is 1.70 bits per heavy atom. The molecule has 0 aliphatic rings. The summed E-state index contributed by atoms with van der Waals surface area (Å²) in [5.41, 5.74) is 1.88. The quantitative estimate of drug-likeness (QED) is 0.799. The van der Waals surface area contributed by atoms with Crippen molar-refractivity contribution in [3.05, 3.63) is 71.5 Å². The summed E-state index contributed by atoms with van der Waals surface area (Å²) in [5.74, 6) is -0.236. The highest BCUT2D eigenvalue weighted by Gasteiger charge is 2.15. The molecule has 0 aromatic heterocycles. The number of hydrogen-bond donors (Lipinski definition) is 0. The second kappa shape index (κ2) is 7.17. The minimum atomic E-state index is -0.236. The van der Waals surface area contributed by atoms with Gasteiger partial charge >= 0.3 is 0 Å². The highest BCUT2D eigenvalue weighted by Crippen LogP contribution is 2.26. The van der Waals surface area contributed by atoms with Gasteiger partial charge in [0.15, 0.2) is 0 Å².